The molecule has 2 aromatic rings. The normalized spacial score (nSPS) is 20.4. The molecular formula is C18H29N9O4S2. The van der Waals surface area contributed by atoms with E-state index in [1.807, 2.05) is 4.90 Å². The van der Waals surface area contributed by atoms with Crippen molar-refractivity contribution in [3.8, 4) is 11.4 Å². The van der Waals surface area contributed by atoms with Crippen LogP contribution in [0.1, 0.15) is 25.7 Å². The van der Waals surface area contributed by atoms with E-state index in [0.29, 0.717) is 50.7 Å². The lowest BCUT2D eigenvalue weighted by atomic mass is 9.93. The number of aromatic nitrogens is 4. The van der Waals surface area contributed by atoms with Crippen LogP contribution in [0, 0.1) is 5.92 Å². The minimum absolute atomic E-state index is 0.0240. The first-order valence-electron chi connectivity index (χ1n) is 10.8. The average Bonchev–Trinajstić information content (AvgIpc) is 3.47. The predicted molar refractivity (Wildman–Crippen MR) is 121 cm³/mol. The molecule has 2 aliphatic heterocycles. The number of nitrogens with one attached hydrogen (secondary N) is 3. The highest BCUT2D eigenvalue weighted by Gasteiger charge is 2.35. The van der Waals surface area contributed by atoms with Gasteiger partial charge in [0.15, 0.2) is 0 Å². The third-order valence-electron chi connectivity index (χ3n) is 6.15. The molecule has 0 unspecified atom stereocenters. The standard InChI is InChI=1S/C18H29N9O4S2/c19-7-3-12-5-9-27(10-6-12)14-1-2-15(33(30,31)24-13-4-8-21-11-13)17(32(20,28)29)16(14)18-22-25-26-23-18/h1-2,12-13,21,24H,3-11,19H2,(H2,20,28,29)(H,22,23,25,26)/t13-/m1/s1. The van der Waals surface area contributed by atoms with E-state index in [-0.39, 0.29) is 17.4 Å². The number of tetrazole rings is 1. The Morgan fingerprint density at radius 3 is 2.48 bits per heavy atom. The molecule has 1 aromatic heterocycles. The van der Waals surface area contributed by atoms with Crippen LogP contribution in [0.4, 0.5) is 5.69 Å². The Morgan fingerprint density at radius 2 is 1.91 bits per heavy atom. The van der Waals surface area contributed by atoms with Crippen LogP contribution in [-0.2, 0) is 20.0 Å². The molecule has 182 valence electrons. The highest BCUT2D eigenvalue weighted by molar-refractivity contribution is 7.92. The lowest BCUT2D eigenvalue weighted by Gasteiger charge is -2.35. The Labute approximate surface area is 192 Å². The van der Waals surface area contributed by atoms with Crippen molar-refractivity contribution in [2.24, 2.45) is 16.8 Å². The van der Waals surface area contributed by atoms with Gasteiger partial charge in [0.05, 0.1) is 5.56 Å². The Bertz CT molecular complexity index is 1170. The first-order chi connectivity index (χ1) is 15.7. The molecule has 0 amide bonds. The smallest absolute Gasteiger partial charge is 0.242 e. The number of H-pyrrole nitrogens is 1. The third-order valence-corrected chi connectivity index (χ3v) is 8.84. The van der Waals surface area contributed by atoms with Gasteiger partial charge in [-0.25, -0.2) is 26.7 Å². The van der Waals surface area contributed by atoms with Gasteiger partial charge in [-0.3, -0.25) is 0 Å². The van der Waals surface area contributed by atoms with Gasteiger partial charge >= 0.3 is 0 Å². The maximum Gasteiger partial charge on any atom is 0.242 e. The maximum absolute atomic E-state index is 13.2. The van der Waals surface area contributed by atoms with Crippen LogP contribution in [-0.4, -0.2) is 76.2 Å². The quantitative estimate of drug-likeness (QED) is 0.291. The number of nitrogens with two attached hydrogens (primary N) is 2. The molecule has 0 bridgehead atoms. The van der Waals surface area contributed by atoms with Crippen molar-refractivity contribution >= 4 is 25.7 Å². The SMILES string of the molecule is NCCC1CCN(c2ccc(S(=O)(=O)N[C@@H]3CCNC3)c(S(N)(=O)=O)c2-c2nn[nH]n2)CC1. The summed E-state index contributed by atoms with van der Waals surface area (Å²) in [4.78, 5) is 1.03. The second-order valence-electron chi connectivity index (χ2n) is 8.39. The van der Waals surface area contributed by atoms with Gasteiger partial charge in [0.2, 0.25) is 25.9 Å². The monoisotopic (exact) mass is 499 g/mol. The summed E-state index contributed by atoms with van der Waals surface area (Å²) in [6.07, 6.45) is 3.28. The van der Waals surface area contributed by atoms with Crippen LogP contribution in [0.5, 0.6) is 0 Å². The van der Waals surface area contributed by atoms with Gasteiger partial charge in [0, 0.05) is 31.4 Å². The number of hydrogen-bond donors (Lipinski definition) is 5. The first-order valence-corrected chi connectivity index (χ1v) is 13.9. The summed E-state index contributed by atoms with van der Waals surface area (Å²) in [6.45, 7) is 3.04. The molecule has 15 heteroatoms. The minimum Gasteiger partial charge on any atom is -0.371 e. The molecule has 1 aromatic carbocycles. The number of rotatable bonds is 8. The summed E-state index contributed by atoms with van der Waals surface area (Å²) in [6, 6.07) is 2.53. The fraction of sp³-hybridized carbons (Fsp3) is 0.611. The molecule has 33 heavy (non-hydrogen) atoms. The van der Waals surface area contributed by atoms with Crippen LogP contribution >= 0.6 is 0 Å². The summed E-state index contributed by atoms with van der Waals surface area (Å²) in [5.74, 6) is 0.444. The Hall–Kier alpha value is -2.17. The van der Waals surface area contributed by atoms with Crippen molar-refractivity contribution < 1.29 is 16.8 Å². The fourth-order valence-corrected chi connectivity index (χ4v) is 7.40. The third kappa shape index (κ3) is 5.17. The summed E-state index contributed by atoms with van der Waals surface area (Å²) in [7, 11) is -8.69. The molecule has 0 saturated carbocycles. The number of aromatic amines is 1. The molecule has 13 nitrogen and oxygen atoms in total. The van der Waals surface area contributed by atoms with Crippen LogP contribution in [0.3, 0.4) is 0 Å². The lowest BCUT2D eigenvalue weighted by molar-refractivity contribution is 0.386. The molecule has 2 fully saturated rings. The van der Waals surface area contributed by atoms with Crippen molar-refractivity contribution in [2.75, 3.05) is 37.6 Å². The molecule has 4 rings (SSSR count). The Kier molecular flexibility index (Phi) is 6.97. The van der Waals surface area contributed by atoms with Crippen LogP contribution in [0.2, 0.25) is 0 Å². The highest BCUT2D eigenvalue weighted by atomic mass is 32.2. The van der Waals surface area contributed by atoms with Gasteiger partial charge in [0.1, 0.15) is 9.79 Å². The second kappa shape index (κ2) is 9.60. The van der Waals surface area contributed by atoms with Gasteiger partial charge in [0.25, 0.3) is 0 Å². The minimum atomic E-state index is -4.49. The first kappa shape index (κ1) is 24.0. The number of primary sulfonamides is 1. The van der Waals surface area contributed by atoms with Gasteiger partial charge in [-0.1, -0.05) is 0 Å². The van der Waals surface area contributed by atoms with E-state index in [1.54, 1.807) is 6.07 Å². The molecule has 3 heterocycles. The molecule has 1 atom stereocenters. The molecule has 7 N–H and O–H groups in total. The van der Waals surface area contributed by atoms with Crippen molar-refractivity contribution in [3.05, 3.63) is 12.1 Å². The molecule has 2 aliphatic rings. The van der Waals surface area contributed by atoms with Crippen LogP contribution in [0.15, 0.2) is 21.9 Å². The summed E-state index contributed by atoms with van der Waals surface area (Å²) in [5, 5.41) is 22.4. The molecule has 0 aliphatic carbocycles. The summed E-state index contributed by atoms with van der Waals surface area (Å²) in [5.41, 5.74) is 6.21. The summed E-state index contributed by atoms with van der Waals surface area (Å²) < 4.78 is 54.6. The van der Waals surface area contributed by atoms with Gasteiger partial charge in [-0.2, -0.15) is 5.21 Å². The van der Waals surface area contributed by atoms with Crippen molar-refractivity contribution in [1.82, 2.24) is 30.7 Å². The average molecular weight is 500 g/mol. The molecule has 2 saturated heterocycles. The van der Waals surface area contributed by atoms with Gasteiger partial charge in [-0.15, -0.1) is 10.2 Å². The number of nitrogens with zero attached hydrogens (tertiary/aromatic N) is 4. The van der Waals surface area contributed by atoms with Crippen molar-refractivity contribution in [2.45, 2.75) is 41.5 Å². The zero-order valence-electron chi connectivity index (χ0n) is 18.1. The molecule has 0 spiro atoms. The lowest BCUT2D eigenvalue weighted by Crippen LogP contribution is -2.38. The highest BCUT2D eigenvalue weighted by Crippen LogP contribution is 2.39. The maximum atomic E-state index is 13.2. The molecular weight excluding hydrogens is 470 g/mol. The van der Waals surface area contributed by atoms with E-state index in [0.717, 1.165) is 19.3 Å². The van der Waals surface area contributed by atoms with Gasteiger partial charge < -0.3 is 16.0 Å². The zero-order valence-corrected chi connectivity index (χ0v) is 19.7. The summed E-state index contributed by atoms with van der Waals surface area (Å²) >= 11 is 0. The van der Waals surface area contributed by atoms with Crippen molar-refractivity contribution in [1.29, 1.82) is 0 Å². The molecule has 0 radical (unpaired) electrons. The van der Waals surface area contributed by atoms with Crippen LogP contribution in [0.25, 0.3) is 11.4 Å². The largest absolute Gasteiger partial charge is 0.371 e. The van der Waals surface area contributed by atoms with E-state index in [9.17, 15) is 16.8 Å². The number of benzene rings is 1. The number of piperidine rings is 1. The zero-order chi connectivity index (χ0) is 23.6. The topological polar surface area (TPSA) is 202 Å². The van der Waals surface area contributed by atoms with Crippen molar-refractivity contribution in [3.63, 3.8) is 0 Å². The van der Waals surface area contributed by atoms with Gasteiger partial charge in [-0.05, 0) is 62.0 Å². The van der Waals surface area contributed by atoms with E-state index in [4.69, 9.17) is 10.9 Å². The van der Waals surface area contributed by atoms with Crippen LogP contribution < -0.4 is 25.8 Å². The van der Waals surface area contributed by atoms with E-state index in [2.05, 4.69) is 30.7 Å². The Morgan fingerprint density at radius 1 is 1.15 bits per heavy atom. The number of hydrogen-bond acceptors (Lipinski definition) is 10. The number of anilines is 1. The fourth-order valence-electron chi connectivity index (χ4n) is 4.53. The van der Waals surface area contributed by atoms with E-state index in [1.165, 1.54) is 6.07 Å². The number of sulfonamides is 2. The Balaban J connectivity index is 1.83. The predicted octanol–water partition coefficient (Wildman–Crippen LogP) is -1.28. The van der Waals surface area contributed by atoms with E-state index < -0.39 is 29.8 Å². The second-order valence-corrected chi connectivity index (χ2v) is 11.6. The van der Waals surface area contributed by atoms with E-state index >= 15 is 0 Å².